The number of fused-ring (bicyclic) bond motifs is 1. The van der Waals surface area contributed by atoms with E-state index in [0.717, 1.165) is 43.7 Å². The maximum absolute atomic E-state index is 5.92. The maximum Gasteiger partial charge on any atom is 0.126 e. The molecule has 1 nitrogen and oxygen atoms in total. The van der Waals surface area contributed by atoms with Gasteiger partial charge in [0.05, 0.1) is 7.11 Å². The van der Waals surface area contributed by atoms with E-state index in [-0.39, 0.29) is 4.75 Å². The summed E-state index contributed by atoms with van der Waals surface area (Å²) in [5, 5.41) is 0. The number of ether oxygens (including phenoxy) is 1. The Bertz CT molecular complexity index is 461. The lowest BCUT2D eigenvalue weighted by atomic mass is 9.86. The average molecular weight is 313 g/mol. The van der Waals surface area contributed by atoms with Gasteiger partial charge in [-0.25, -0.2) is 0 Å². The van der Waals surface area contributed by atoms with E-state index in [2.05, 4.69) is 37.7 Å². The van der Waals surface area contributed by atoms with Crippen molar-refractivity contribution in [2.75, 3.05) is 18.7 Å². The van der Waals surface area contributed by atoms with Crippen LogP contribution in [-0.4, -0.2) is 18.7 Å². The van der Waals surface area contributed by atoms with E-state index in [4.69, 9.17) is 16.3 Å². The molecule has 0 amide bonds. The SMILES string of the molecule is CCCc1ccc2c(c1OC)C(C)(CCCCl)SCC2. The fourth-order valence-corrected chi connectivity index (χ4v) is 4.78. The second-order valence-electron chi connectivity index (χ2n) is 5.66. The van der Waals surface area contributed by atoms with Crippen LogP contribution >= 0.6 is 23.4 Å². The fraction of sp³-hybridized carbons (Fsp3) is 0.647. The van der Waals surface area contributed by atoms with Crippen molar-refractivity contribution >= 4 is 23.4 Å². The molecule has 1 aromatic rings. The molecule has 1 aromatic carbocycles. The van der Waals surface area contributed by atoms with Gasteiger partial charge in [-0.05, 0) is 49.5 Å². The van der Waals surface area contributed by atoms with Crippen molar-refractivity contribution in [3.05, 3.63) is 28.8 Å². The number of aryl methyl sites for hydroxylation is 2. The summed E-state index contributed by atoms with van der Waals surface area (Å²) in [7, 11) is 1.82. The fourth-order valence-electron chi connectivity index (χ4n) is 3.21. The van der Waals surface area contributed by atoms with Gasteiger partial charge in [-0.1, -0.05) is 25.5 Å². The lowest BCUT2D eigenvalue weighted by Crippen LogP contribution is -2.26. The van der Waals surface area contributed by atoms with Gasteiger partial charge < -0.3 is 4.74 Å². The van der Waals surface area contributed by atoms with Crippen molar-refractivity contribution in [3.63, 3.8) is 0 Å². The van der Waals surface area contributed by atoms with Crippen LogP contribution in [0.1, 0.15) is 49.8 Å². The zero-order valence-corrected chi connectivity index (χ0v) is 14.4. The van der Waals surface area contributed by atoms with Crippen molar-refractivity contribution < 1.29 is 4.74 Å². The van der Waals surface area contributed by atoms with Crippen LogP contribution in [0.4, 0.5) is 0 Å². The molecule has 0 aliphatic carbocycles. The molecule has 0 bridgehead atoms. The molecular formula is C17H25ClOS. The van der Waals surface area contributed by atoms with E-state index >= 15 is 0 Å². The van der Waals surface area contributed by atoms with Gasteiger partial charge in [-0.2, -0.15) is 11.8 Å². The van der Waals surface area contributed by atoms with Crippen LogP contribution in [0.2, 0.25) is 0 Å². The van der Waals surface area contributed by atoms with Gasteiger partial charge in [0.2, 0.25) is 0 Å². The van der Waals surface area contributed by atoms with Crippen molar-refractivity contribution in [2.45, 2.75) is 50.7 Å². The Morgan fingerprint density at radius 3 is 2.85 bits per heavy atom. The minimum atomic E-state index is 0.150. The first-order valence-electron chi connectivity index (χ1n) is 7.55. The standard InChI is InChI=1S/C17H25ClOS/c1-4-6-14-8-7-13-9-12-20-17(2,10-5-11-18)15(13)16(14)19-3/h7-8H,4-6,9-12H2,1-3H3. The molecule has 0 saturated heterocycles. The number of alkyl halides is 1. The van der Waals surface area contributed by atoms with E-state index in [1.165, 1.54) is 22.4 Å². The van der Waals surface area contributed by atoms with Crippen molar-refractivity contribution in [2.24, 2.45) is 0 Å². The largest absolute Gasteiger partial charge is 0.496 e. The predicted octanol–water partition coefficient (Wildman–Crippen LogP) is 5.17. The number of rotatable bonds is 6. The molecule has 1 unspecified atom stereocenters. The minimum absolute atomic E-state index is 0.150. The summed E-state index contributed by atoms with van der Waals surface area (Å²) in [6.45, 7) is 4.58. The predicted molar refractivity (Wildman–Crippen MR) is 90.5 cm³/mol. The molecule has 1 aliphatic rings. The third-order valence-corrected chi connectivity index (χ3v) is 5.88. The molecule has 0 aromatic heterocycles. The van der Waals surface area contributed by atoms with Crippen LogP contribution in [0.3, 0.4) is 0 Å². The summed E-state index contributed by atoms with van der Waals surface area (Å²) < 4.78 is 5.98. The number of hydrogen-bond acceptors (Lipinski definition) is 2. The summed E-state index contributed by atoms with van der Waals surface area (Å²) in [4.78, 5) is 0. The highest BCUT2D eigenvalue weighted by Gasteiger charge is 2.36. The Morgan fingerprint density at radius 2 is 2.20 bits per heavy atom. The lowest BCUT2D eigenvalue weighted by molar-refractivity contribution is 0.395. The van der Waals surface area contributed by atoms with E-state index in [9.17, 15) is 0 Å². The van der Waals surface area contributed by atoms with Crippen LogP contribution < -0.4 is 4.74 Å². The van der Waals surface area contributed by atoms with Gasteiger partial charge in [0.25, 0.3) is 0 Å². The summed E-state index contributed by atoms with van der Waals surface area (Å²) in [5.41, 5.74) is 4.26. The topological polar surface area (TPSA) is 9.23 Å². The summed E-state index contributed by atoms with van der Waals surface area (Å²) in [6, 6.07) is 4.58. The van der Waals surface area contributed by atoms with Crippen LogP contribution in [0.5, 0.6) is 5.75 Å². The maximum atomic E-state index is 5.92. The molecule has 0 saturated carbocycles. The van der Waals surface area contributed by atoms with E-state index in [1.54, 1.807) is 0 Å². The summed E-state index contributed by atoms with van der Waals surface area (Å²) in [6.07, 6.45) is 5.58. The molecule has 0 N–H and O–H groups in total. The molecule has 0 radical (unpaired) electrons. The number of thioether (sulfide) groups is 1. The van der Waals surface area contributed by atoms with Crippen molar-refractivity contribution in [1.82, 2.24) is 0 Å². The van der Waals surface area contributed by atoms with Gasteiger partial charge >= 0.3 is 0 Å². The smallest absolute Gasteiger partial charge is 0.126 e. The highest BCUT2D eigenvalue weighted by molar-refractivity contribution is 8.00. The van der Waals surface area contributed by atoms with E-state index in [1.807, 2.05) is 7.11 Å². The Morgan fingerprint density at radius 1 is 1.40 bits per heavy atom. The highest BCUT2D eigenvalue weighted by atomic mass is 35.5. The summed E-state index contributed by atoms with van der Waals surface area (Å²) in [5.74, 6) is 3.07. The third kappa shape index (κ3) is 3.12. The first-order valence-corrected chi connectivity index (χ1v) is 9.07. The normalized spacial score (nSPS) is 21.6. The van der Waals surface area contributed by atoms with Crippen molar-refractivity contribution in [1.29, 1.82) is 0 Å². The van der Waals surface area contributed by atoms with Crippen LogP contribution in [0, 0.1) is 0 Å². The van der Waals surface area contributed by atoms with Gasteiger partial charge in [-0.15, -0.1) is 11.6 Å². The minimum Gasteiger partial charge on any atom is -0.496 e. The Kier molecular flexibility index (Phi) is 5.68. The highest BCUT2D eigenvalue weighted by Crippen LogP contribution is 2.50. The first kappa shape index (κ1) is 16.0. The third-order valence-electron chi connectivity index (χ3n) is 4.16. The zero-order valence-electron chi connectivity index (χ0n) is 12.8. The van der Waals surface area contributed by atoms with Gasteiger partial charge in [0, 0.05) is 16.2 Å². The lowest BCUT2D eigenvalue weighted by Gasteiger charge is -2.37. The van der Waals surface area contributed by atoms with E-state index < -0.39 is 0 Å². The summed E-state index contributed by atoms with van der Waals surface area (Å²) >= 11 is 7.99. The van der Waals surface area contributed by atoms with Crippen LogP contribution in [-0.2, 0) is 17.6 Å². The molecule has 1 atom stereocenters. The molecule has 1 aliphatic heterocycles. The Labute approximate surface area is 132 Å². The molecule has 112 valence electrons. The van der Waals surface area contributed by atoms with Crippen molar-refractivity contribution in [3.8, 4) is 5.75 Å². The van der Waals surface area contributed by atoms with Gasteiger partial charge in [-0.3, -0.25) is 0 Å². The Balaban J connectivity index is 2.48. The monoisotopic (exact) mass is 312 g/mol. The quantitative estimate of drug-likeness (QED) is 0.670. The second-order valence-corrected chi connectivity index (χ2v) is 7.64. The molecule has 2 rings (SSSR count). The average Bonchev–Trinajstić information content (AvgIpc) is 2.46. The number of benzene rings is 1. The molecule has 0 spiro atoms. The molecule has 0 fully saturated rings. The number of methoxy groups -OCH3 is 1. The number of halogens is 1. The van der Waals surface area contributed by atoms with Crippen LogP contribution in [0.25, 0.3) is 0 Å². The molecule has 20 heavy (non-hydrogen) atoms. The number of hydrogen-bond donors (Lipinski definition) is 0. The Hall–Kier alpha value is -0.340. The van der Waals surface area contributed by atoms with Gasteiger partial charge in [0.15, 0.2) is 0 Å². The van der Waals surface area contributed by atoms with Gasteiger partial charge in [0.1, 0.15) is 5.75 Å². The first-order chi connectivity index (χ1) is 9.66. The molecule has 3 heteroatoms. The molecule has 1 heterocycles. The van der Waals surface area contributed by atoms with Crippen LogP contribution in [0.15, 0.2) is 12.1 Å². The van der Waals surface area contributed by atoms with E-state index in [0.29, 0.717) is 0 Å². The second kappa shape index (κ2) is 7.09. The molecular weight excluding hydrogens is 288 g/mol. The zero-order chi connectivity index (χ0) is 14.6.